The highest BCUT2D eigenvalue weighted by Gasteiger charge is 2.36. The zero-order valence-electron chi connectivity index (χ0n) is 25.1. The van der Waals surface area contributed by atoms with Crippen LogP contribution in [0.4, 0.5) is 23.7 Å². The number of nitrogens with one attached hydrogen (secondary N) is 2. The Kier molecular flexibility index (Phi) is 11.3. The van der Waals surface area contributed by atoms with Crippen LogP contribution in [-0.2, 0) is 12.7 Å². The molecule has 0 radical (unpaired) electrons. The van der Waals surface area contributed by atoms with Gasteiger partial charge in [-0.2, -0.15) is 18.2 Å². The molecule has 2 aromatic rings. The van der Waals surface area contributed by atoms with Gasteiger partial charge in [-0.05, 0) is 79.3 Å². The molecule has 1 aliphatic rings. The van der Waals surface area contributed by atoms with Crippen LogP contribution in [0.1, 0.15) is 87.7 Å². The fourth-order valence-corrected chi connectivity index (χ4v) is 5.24. The van der Waals surface area contributed by atoms with E-state index in [0.29, 0.717) is 12.3 Å². The molecule has 1 aliphatic carbocycles. The highest BCUT2D eigenvalue weighted by molar-refractivity contribution is 6.02. The largest absolute Gasteiger partial charge is 0.493 e. The van der Waals surface area contributed by atoms with E-state index >= 15 is 0 Å². The number of halogens is 3. The van der Waals surface area contributed by atoms with E-state index in [9.17, 15) is 22.8 Å². The Morgan fingerprint density at radius 2 is 1.72 bits per heavy atom. The Morgan fingerprint density at radius 1 is 1.07 bits per heavy atom. The van der Waals surface area contributed by atoms with E-state index in [-0.39, 0.29) is 41.6 Å². The number of aliphatic imine (C=N–C) groups is 1. The molecule has 2 aromatic carbocycles. The molecule has 0 unspecified atom stereocenters. The maximum absolute atomic E-state index is 13.9. The Bertz CT molecular complexity index is 1300. The number of rotatable bonds is 9. The number of ether oxygens (including phenoxy) is 1. The summed E-state index contributed by atoms with van der Waals surface area (Å²) in [6.45, 7) is 8.88. The number of alkyl halides is 3. The van der Waals surface area contributed by atoms with Crippen molar-refractivity contribution in [2.45, 2.75) is 85.0 Å². The van der Waals surface area contributed by atoms with Crippen LogP contribution in [0, 0.1) is 16.9 Å². The van der Waals surface area contributed by atoms with Gasteiger partial charge in [0.1, 0.15) is 5.75 Å². The quantitative estimate of drug-likeness (QED) is 0.116. The second kappa shape index (κ2) is 14.5. The first-order valence-electron chi connectivity index (χ1n) is 14.5. The average Bonchev–Trinajstić information content (AvgIpc) is 2.96. The first-order chi connectivity index (χ1) is 20.2. The molecule has 1 fully saturated rings. The number of nitrogens with two attached hydrogens (primary N) is 1. The number of urea groups is 1. The highest BCUT2D eigenvalue weighted by atomic mass is 19.4. The highest BCUT2D eigenvalue weighted by Crippen LogP contribution is 2.40. The fraction of sp³-hybridized carbons (Fsp3) is 0.516. The van der Waals surface area contributed by atoms with Gasteiger partial charge in [0, 0.05) is 23.8 Å². The molecule has 0 bridgehead atoms. The van der Waals surface area contributed by atoms with Crippen molar-refractivity contribution >= 4 is 23.6 Å². The lowest BCUT2D eigenvalue weighted by Gasteiger charge is -2.41. The number of hydrogen-bond acceptors (Lipinski definition) is 4. The van der Waals surface area contributed by atoms with Gasteiger partial charge in [0.2, 0.25) is 5.96 Å². The lowest BCUT2D eigenvalue weighted by atomic mass is 9.71. The Balaban J connectivity index is 1.85. The summed E-state index contributed by atoms with van der Waals surface area (Å²) in [4.78, 5) is 31.1. The van der Waals surface area contributed by atoms with Crippen LogP contribution in [0.2, 0.25) is 0 Å². The molecule has 0 aliphatic heterocycles. The van der Waals surface area contributed by atoms with Gasteiger partial charge in [-0.15, -0.1) is 5.11 Å². The zero-order chi connectivity index (χ0) is 31.8. The molecular formula is C31H41F3N6O3. The molecule has 0 saturated heterocycles. The topological polar surface area (TPSA) is 133 Å². The van der Waals surface area contributed by atoms with E-state index in [2.05, 4.69) is 36.2 Å². The van der Waals surface area contributed by atoms with Crippen LogP contribution in [0.25, 0.3) is 0 Å². The van der Waals surface area contributed by atoms with Gasteiger partial charge in [0.05, 0.1) is 12.2 Å². The summed E-state index contributed by atoms with van der Waals surface area (Å²) in [5.74, 6) is -0.889. The van der Waals surface area contributed by atoms with E-state index in [1.165, 1.54) is 24.3 Å². The van der Waals surface area contributed by atoms with E-state index in [4.69, 9.17) is 16.0 Å². The van der Waals surface area contributed by atoms with Crippen molar-refractivity contribution in [3.63, 3.8) is 0 Å². The van der Waals surface area contributed by atoms with Gasteiger partial charge in [-0.3, -0.25) is 4.79 Å². The van der Waals surface area contributed by atoms with Crippen molar-refractivity contribution in [2.75, 3.05) is 11.9 Å². The van der Waals surface area contributed by atoms with Gasteiger partial charge < -0.3 is 20.7 Å². The smallest absolute Gasteiger partial charge is 0.420 e. The lowest BCUT2D eigenvalue weighted by molar-refractivity contribution is -0.138. The number of anilines is 1. The van der Waals surface area contributed by atoms with Crippen molar-refractivity contribution in [3.05, 3.63) is 59.2 Å². The van der Waals surface area contributed by atoms with E-state index in [0.717, 1.165) is 43.7 Å². The number of hydrogen-bond donors (Lipinski definition) is 3. The first-order valence-corrected chi connectivity index (χ1v) is 14.5. The molecule has 3 amide bonds. The standard InChI is InChI=1S/C31H41F3N6O3/c1-5-6-17-43-26-16-13-23(18-25(26)31(32,33)34)37-29(42)40(24-14-11-22(12-15-24)30(2,3)4)19-20-7-9-21(10-8-20)27(41)38-28(35)39-36/h7-10,13,16,18,22,24,36H,5-6,11-12,14-15,17,19H2,1-4H3,(H,37,42)(H2,35,38,41). The van der Waals surface area contributed by atoms with Crippen LogP contribution < -0.4 is 15.8 Å². The molecule has 0 aromatic heterocycles. The van der Waals surface area contributed by atoms with Crippen molar-refractivity contribution in [2.24, 2.45) is 27.2 Å². The summed E-state index contributed by atoms with van der Waals surface area (Å²) < 4.78 is 47.0. The second-order valence-electron chi connectivity index (χ2n) is 11.9. The molecule has 1 saturated carbocycles. The Morgan fingerprint density at radius 3 is 2.28 bits per heavy atom. The van der Waals surface area contributed by atoms with Crippen molar-refractivity contribution in [1.82, 2.24) is 4.90 Å². The number of carbonyl (C=O) groups excluding carboxylic acids is 2. The Labute approximate surface area is 250 Å². The van der Waals surface area contributed by atoms with Gasteiger partial charge in [0.25, 0.3) is 5.91 Å². The second-order valence-corrected chi connectivity index (χ2v) is 11.9. The number of nitrogens with zero attached hydrogens (tertiary/aromatic N) is 3. The molecule has 12 heteroatoms. The predicted molar refractivity (Wildman–Crippen MR) is 159 cm³/mol. The maximum Gasteiger partial charge on any atom is 0.420 e. The number of amides is 3. The van der Waals surface area contributed by atoms with Crippen LogP contribution in [-0.4, -0.2) is 35.4 Å². The number of guanidine groups is 1. The number of unbranched alkanes of at least 4 members (excludes halogenated alkanes) is 1. The van der Waals surface area contributed by atoms with Gasteiger partial charge in [-0.1, -0.05) is 46.2 Å². The number of carbonyl (C=O) groups is 2. The first kappa shape index (κ1) is 33.5. The maximum atomic E-state index is 13.9. The minimum atomic E-state index is -4.66. The summed E-state index contributed by atoms with van der Waals surface area (Å²) in [6, 6.07) is 9.37. The summed E-state index contributed by atoms with van der Waals surface area (Å²) >= 11 is 0. The average molecular weight is 603 g/mol. The third-order valence-corrected chi connectivity index (χ3v) is 7.80. The third-order valence-electron chi connectivity index (χ3n) is 7.80. The van der Waals surface area contributed by atoms with Crippen molar-refractivity contribution in [3.8, 4) is 5.75 Å². The molecule has 0 atom stereocenters. The van der Waals surface area contributed by atoms with E-state index in [1.54, 1.807) is 17.0 Å². The van der Waals surface area contributed by atoms with Crippen molar-refractivity contribution in [1.29, 1.82) is 5.53 Å². The molecule has 4 N–H and O–H groups in total. The Hall–Kier alpha value is -3.96. The summed E-state index contributed by atoms with van der Waals surface area (Å²) in [6.07, 6.45) is 0.118. The molecular weight excluding hydrogens is 561 g/mol. The molecule has 43 heavy (non-hydrogen) atoms. The lowest BCUT2D eigenvalue weighted by Crippen LogP contribution is -2.45. The molecule has 3 rings (SSSR count). The van der Waals surface area contributed by atoms with Crippen LogP contribution >= 0.6 is 0 Å². The molecule has 0 heterocycles. The van der Waals surface area contributed by atoms with E-state index in [1.807, 2.05) is 6.92 Å². The zero-order valence-corrected chi connectivity index (χ0v) is 25.1. The summed E-state index contributed by atoms with van der Waals surface area (Å²) in [7, 11) is 0. The minimum Gasteiger partial charge on any atom is -0.493 e. The third kappa shape index (κ3) is 9.52. The SMILES string of the molecule is CCCCOc1ccc(NC(=O)N(Cc2ccc(C(=O)N=C(N)N=N)cc2)C2CCC(C(C)(C)C)CC2)cc1C(F)(F)F. The molecule has 0 spiro atoms. The van der Waals surface area contributed by atoms with Crippen molar-refractivity contribution < 1.29 is 27.5 Å². The fourth-order valence-electron chi connectivity index (χ4n) is 5.24. The number of benzene rings is 2. The normalized spacial score (nSPS) is 17.7. The summed E-state index contributed by atoms with van der Waals surface area (Å²) in [5.41, 5.74) is 12.4. The monoisotopic (exact) mass is 602 g/mol. The van der Waals surface area contributed by atoms with Crippen LogP contribution in [0.15, 0.2) is 52.6 Å². The minimum absolute atomic E-state index is 0.0183. The van der Waals surface area contributed by atoms with Crippen LogP contribution in [0.5, 0.6) is 5.75 Å². The predicted octanol–water partition coefficient (Wildman–Crippen LogP) is 8.01. The van der Waals surface area contributed by atoms with E-state index < -0.39 is 29.6 Å². The summed E-state index contributed by atoms with van der Waals surface area (Å²) in [5, 5.41) is 5.60. The van der Waals surface area contributed by atoms with Gasteiger partial charge in [-0.25, -0.2) is 10.3 Å². The van der Waals surface area contributed by atoms with Gasteiger partial charge in [0.15, 0.2) is 0 Å². The molecule has 9 nitrogen and oxygen atoms in total. The van der Waals surface area contributed by atoms with Crippen LogP contribution in [0.3, 0.4) is 0 Å². The van der Waals surface area contributed by atoms with Gasteiger partial charge >= 0.3 is 12.2 Å². The molecule has 234 valence electrons.